The number of carbonyl (C=O) groups excluding carboxylic acids is 1. The highest BCUT2D eigenvalue weighted by Crippen LogP contribution is 2.16. The zero-order chi connectivity index (χ0) is 16.5. The van der Waals surface area contributed by atoms with E-state index < -0.39 is 0 Å². The summed E-state index contributed by atoms with van der Waals surface area (Å²) in [5.41, 5.74) is 6.49. The number of nitrogens with zero attached hydrogens (tertiary/aromatic N) is 1. The van der Waals surface area contributed by atoms with Crippen LogP contribution in [0.15, 0.2) is 24.3 Å². The van der Waals surface area contributed by atoms with E-state index in [1.165, 1.54) is 0 Å². The molecule has 0 saturated carbocycles. The zero-order valence-electron chi connectivity index (χ0n) is 15.0. The second-order valence-corrected chi connectivity index (χ2v) is 5.54. The molecule has 0 aromatic heterocycles. The van der Waals surface area contributed by atoms with Crippen LogP contribution in [-0.4, -0.2) is 43.1 Å². The van der Waals surface area contributed by atoms with Crippen molar-refractivity contribution in [2.75, 3.05) is 31.6 Å². The standard InChI is InChI=1S/C17H29N3O2.2ClH/c1-5-20(6-2)11-12-22-16-9-7-15(8-10-16)19-17(21)13(3)14(4)18;;/h7-10,13-14H,5-6,11-12,18H2,1-4H3,(H,19,21);2*1H. The molecule has 0 aliphatic heterocycles. The van der Waals surface area contributed by atoms with Gasteiger partial charge in [0.25, 0.3) is 0 Å². The maximum absolute atomic E-state index is 11.9. The number of anilines is 1. The fourth-order valence-corrected chi connectivity index (χ4v) is 1.96. The Balaban J connectivity index is 0. The van der Waals surface area contributed by atoms with E-state index >= 15 is 0 Å². The average Bonchev–Trinajstić information content (AvgIpc) is 2.52. The van der Waals surface area contributed by atoms with Crippen LogP contribution in [0.5, 0.6) is 5.75 Å². The van der Waals surface area contributed by atoms with Gasteiger partial charge in [0.15, 0.2) is 0 Å². The van der Waals surface area contributed by atoms with Crippen molar-refractivity contribution in [1.29, 1.82) is 0 Å². The molecule has 1 aromatic carbocycles. The van der Waals surface area contributed by atoms with Gasteiger partial charge in [-0.3, -0.25) is 4.79 Å². The first-order chi connectivity index (χ1) is 10.5. The molecule has 3 N–H and O–H groups in total. The minimum atomic E-state index is -0.218. The summed E-state index contributed by atoms with van der Waals surface area (Å²) < 4.78 is 5.71. The van der Waals surface area contributed by atoms with Crippen molar-refractivity contribution in [2.24, 2.45) is 11.7 Å². The fourth-order valence-electron chi connectivity index (χ4n) is 1.96. The number of carbonyl (C=O) groups is 1. The molecule has 1 aromatic rings. The maximum atomic E-state index is 11.9. The van der Waals surface area contributed by atoms with Crippen molar-refractivity contribution >= 4 is 36.4 Å². The van der Waals surface area contributed by atoms with Crippen molar-refractivity contribution in [2.45, 2.75) is 33.7 Å². The van der Waals surface area contributed by atoms with Gasteiger partial charge in [-0.1, -0.05) is 20.8 Å². The van der Waals surface area contributed by atoms with Crippen LogP contribution in [0, 0.1) is 5.92 Å². The van der Waals surface area contributed by atoms with Gasteiger partial charge in [0, 0.05) is 18.3 Å². The van der Waals surface area contributed by atoms with Crippen molar-refractivity contribution in [1.82, 2.24) is 4.90 Å². The number of benzene rings is 1. The normalized spacial score (nSPS) is 12.6. The van der Waals surface area contributed by atoms with E-state index in [-0.39, 0.29) is 42.7 Å². The molecule has 2 atom stereocenters. The molecule has 0 radical (unpaired) electrons. The van der Waals surface area contributed by atoms with Gasteiger partial charge in [-0.25, -0.2) is 0 Å². The van der Waals surface area contributed by atoms with Gasteiger partial charge in [0.1, 0.15) is 12.4 Å². The highest BCUT2D eigenvalue weighted by atomic mass is 35.5. The molecule has 0 aliphatic carbocycles. The number of likely N-dealkylation sites (N-methyl/N-ethyl adjacent to an activating group) is 1. The average molecular weight is 380 g/mol. The number of rotatable bonds is 9. The molecule has 1 amide bonds. The first-order valence-electron chi connectivity index (χ1n) is 7.99. The third kappa shape index (κ3) is 8.73. The highest BCUT2D eigenvalue weighted by Gasteiger charge is 2.16. The van der Waals surface area contributed by atoms with Gasteiger partial charge >= 0.3 is 0 Å². The second-order valence-electron chi connectivity index (χ2n) is 5.54. The zero-order valence-corrected chi connectivity index (χ0v) is 16.6. The Morgan fingerprint density at radius 3 is 2.17 bits per heavy atom. The van der Waals surface area contributed by atoms with E-state index in [4.69, 9.17) is 10.5 Å². The molecule has 0 aliphatic rings. The molecular formula is C17H31Cl2N3O2. The number of nitrogens with one attached hydrogen (secondary N) is 1. The number of hydrogen-bond acceptors (Lipinski definition) is 4. The van der Waals surface area contributed by atoms with Gasteiger partial charge < -0.3 is 20.7 Å². The van der Waals surface area contributed by atoms with E-state index in [1.54, 1.807) is 0 Å². The van der Waals surface area contributed by atoms with Gasteiger partial charge in [0.2, 0.25) is 5.91 Å². The van der Waals surface area contributed by atoms with Gasteiger partial charge in [-0.15, -0.1) is 24.8 Å². The van der Waals surface area contributed by atoms with Crippen molar-refractivity contribution in [3.05, 3.63) is 24.3 Å². The van der Waals surface area contributed by atoms with Crippen LogP contribution in [0.25, 0.3) is 0 Å². The van der Waals surface area contributed by atoms with Gasteiger partial charge in [-0.05, 0) is 44.3 Å². The van der Waals surface area contributed by atoms with Crippen molar-refractivity contribution in [3.8, 4) is 5.75 Å². The lowest BCUT2D eigenvalue weighted by Gasteiger charge is -2.18. The minimum Gasteiger partial charge on any atom is -0.492 e. The van der Waals surface area contributed by atoms with E-state index in [9.17, 15) is 4.79 Å². The number of halogens is 2. The second kappa shape index (κ2) is 13.3. The molecule has 7 heteroatoms. The molecule has 0 heterocycles. The number of amides is 1. The Bertz CT molecular complexity index is 452. The molecular weight excluding hydrogens is 349 g/mol. The molecule has 0 saturated heterocycles. The summed E-state index contributed by atoms with van der Waals surface area (Å²) in [6, 6.07) is 7.27. The molecule has 0 fully saturated rings. The van der Waals surface area contributed by atoms with Gasteiger partial charge in [-0.2, -0.15) is 0 Å². The lowest BCUT2D eigenvalue weighted by atomic mass is 10.0. The molecule has 140 valence electrons. The number of hydrogen-bond donors (Lipinski definition) is 2. The third-order valence-electron chi connectivity index (χ3n) is 3.89. The lowest BCUT2D eigenvalue weighted by Crippen LogP contribution is -2.34. The lowest BCUT2D eigenvalue weighted by molar-refractivity contribution is -0.119. The fraction of sp³-hybridized carbons (Fsp3) is 0.588. The van der Waals surface area contributed by atoms with E-state index in [1.807, 2.05) is 38.1 Å². The molecule has 24 heavy (non-hydrogen) atoms. The summed E-state index contributed by atoms with van der Waals surface area (Å²) in [4.78, 5) is 14.2. The Labute approximate surface area is 158 Å². The number of nitrogens with two attached hydrogens (primary N) is 1. The summed E-state index contributed by atoms with van der Waals surface area (Å²) in [5, 5.41) is 2.86. The summed E-state index contributed by atoms with van der Waals surface area (Å²) in [6.07, 6.45) is 0. The van der Waals surface area contributed by atoms with Crippen molar-refractivity contribution < 1.29 is 9.53 Å². The van der Waals surface area contributed by atoms with Crippen LogP contribution in [-0.2, 0) is 4.79 Å². The third-order valence-corrected chi connectivity index (χ3v) is 3.89. The molecule has 0 bridgehead atoms. The van der Waals surface area contributed by atoms with Crippen molar-refractivity contribution in [3.63, 3.8) is 0 Å². The number of ether oxygens (including phenoxy) is 1. The SMILES string of the molecule is CCN(CC)CCOc1ccc(NC(=O)C(C)C(C)N)cc1.Cl.Cl. The summed E-state index contributed by atoms with van der Waals surface area (Å²) in [7, 11) is 0. The monoisotopic (exact) mass is 379 g/mol. The minimum absolute atomic E-state index is 0. The van der Waals surface area contributed by atoms with Crippen LogP contribution in [0.4, 0.5) is 5.69 Å². The van der Waals surface area contributed by atoms with Crippen LogP contribution in [0.1, 0.15) is 27.7 Å². The highest BCUT2D eigenvalue weighted by molar-refractivity contribution is 5.92. The topological polar surface area (TPSA) is 67.6 Å². The Morgan fingerprint density at radius 1 is 1.17 bits per heavy atom. The molecule has 1 rings (SSSR count). The van der Waals surface area contributed by atoms with Gasteiger partial charge in [0.05, 0.1) is 5.92 Å². The predicted octanol–water partition coefficient (Wildman–Crippen LogP) is 3.17. The first kappa shape index (κ1) is 25.2. The quantitative estimate of drug-likeness (QED) is 0.691. The van der Waals surface area contributed by atoms with E-state index in [0.29, 0.717) is 6.61 Å². The summed E-state index contributed by atoms with van der Waals surface area (Å²) in [6.45, 7) is 11.6. The van der Waals surface area contributed by atoms with E-state index in [2.05, 4.69) is 24.1 Å². The first-order valence-corrected chi connectivity index (χ1v) is 7.99. The molecule has 0 spiro atoms. The van der Waals surface area contributed by atoms with Crippen LogP contribution in [0.2, 0.25) is 0 Å². The Kier molecular flexibility index (Phi) is 14.0. The van der Waals surface area contributed by atoms with Crippen LogP contribution >= 0.6 is 24.8 Å². The Morgan fingerprint density at radius 2 is 1.71 bits per heavy atom. The van der Waals surface area contributed by atoms with Crippen LogP contribution in [0.3, 0.4) is 0 Å². The predicted molar refractivity (Wildman–Crippen MR) is 106 cm³/mol. The molecule has 5 nitrogen and oxygen atoms in total. The van der Waals surface area contributed by atoms with E-state index in [0.717, 1.165) is 31.1 Å². The smallest absolute Gasteiger partial charge is 0.228 e. The molecule has 2 unspecified atom stereocenters. The van der Waals surface area contributed by atoms with Crippen LogP contribution < -0.4 is 15.8 Å². The maximum Gasteiger partial charge on any atom is 0.228 e. The largest absolute Gasteiger partial charge is 0.492 e. The summed E-state index contributed by atoms with van der Waals surface area (Å²) in [5.74, 6) is 0.528. The Hall–Kier alpha value is -1.01. The summed E-state index contributed by atoms with van der Waals surface area (Å²) >= 11 is 0.